The predicted molar refractivity (Wildman–Crippen MR) is 60.2 cm³/mol. The van der Waals surface area contributed by atoms with E-state index in [-0.39, 0.29) is 0 Å². The van der Waals surface area contributed by atoms with Gasteiger partial charge in [-0.1, -0.05) is 27.7 Å². The second-order valence-electron chi connectivity index (χ2n) is 5.45. The Hall–Kier alpha value is -0.960. The third kappa shape index (κ3) is 1.65. The highest BCUT2D eigenvalue weighted by atomic mass is 15.0. The van der Waals surface area contributed by atoms with Crippen LogP contribution in [-0.2, 0) is 6.54 Å². The van der Waals surface area contributed by atoms with Crippen LogP contribution < -0.4 is 5.32 Å². The molecule has 3 heteroatoms. The van der Waals surface area contributed by atoms with Crippen molar-refractivity contribution in [1.29, 1.82) is 0 Å². The zero-order valence-corrected chi connectivity index (χ0v) is 9.91. The number of hydrogen-bond acceptors (Lipinski definition) is 3. The highest BCUT2D eigenvalue weighted by Crippen LogP contribution is 2.62. The molecule has 15 heavy (non-hydrogen) atoms. The van der Waals surface area contributed by atoms with Crippen LogP contribution in [0.2, 0.25) is 0 Å². The maximum Gasteiger partial charge on any atom is 0.0724 e. The van der Waals surface area contributed by atoms with E-state index in [0.717, 1.165) is 12.2 Å². The number of nitrogens with zero attached hydrogens (tertiary/aromatic N) is 2. The van der Waals surface area contributed by atoms with Gasteiger partial charge in [0.2, 0.25) is 0 Å². The summed E-state index contributed by atoms with van der Waals surface area (Å²) in [5.74, 6) is 0. The number of hydrogen-bond donors (Lipinski definition) is 1. The lowest BCUT2D eigenvalue weighted by Gasteiger charge is -2.04. The molecule has 0 aromatic carbocycles. The number of aromatic nitrogens is 2. The van der Waals surface area contributed by atoms with Gasteiger partial charge in [0.05, 0.1) is 5.69 Å². The molecule has 0 bridgehead atoms. The summed E-state index contributed by atoms with van der Waals surface area (Å²) in [6.07, 6.45) is 5.25. The topological polar surface area (TPSA) is 37.8 Å². The molecular weight excluding hydrogens is 186 g/mol. The third-order valence-electron chi connectivity index (χ3n) is 4.12. The highest BCUT2D eigenvalue weighted by molar-refractivity contribution is 5.18. The minimum absolute atomic E-state index is 0.384. The van der Waals surface area contributed by atoms with Crippen molar-refractivity contribution >= 4 is 0 Å². The molecule has 1 saturated carbocycles. The standard InChI is InChI=1S/C12H19N3/c1-11(2)10(12(11,3)4)15-8-9-7-13-5-6-14-9/h5-7,10,15H,8H2,1-4H3. The SMILES string of the molecule is CC1(C)C(NCc2cnccn2)C1(C)C. The first kappa shape index (κ1) is 10.6. The molecule has 0 saturated heterocycles. The summed E-state index contributed by atoms with van der Waals surface area (Å²) in [4.78, 5) is 8.30. The molecule has 0 radical (unpaired) electrons. The Morgan fingerprint density at radius 3 is 2.33 bits per heavy atom. The Morgan fingerprint density at radius 2 is 1.87 bits per heavy atom. The van der Waals surface area contributed by atoms with E-state index in [1.54, 1.807) is 12.4 Å². The highest BCUT2D eigenvalue weighted by Gasteiger charge is 2.64. The van der Waals surface area contributed by atoms with Crippen LogP contribution >= 0.6 is 0 Å². The molecule has 1 aliphatic carbocycles. The van der Waals surface area contributed by atoms with Crippen LogP contribution in [0.4, 0.5) is 0 Å². The summed E-state index contributed by atoms with van der Waals surface area (Å²) >= 11 is 0. The average molecular weight is 205 g/mol. The van der Waals surface area contributed by atoms with Gasteiger partial charge >= 0.3 is 0 Å². The molecule has 0 aliphatic heterocycles. The summed E-state index contributed by atoms with van der Waals surface area (Å²) in [6.45, 7) is 10.0. The molecule has 3 nitrogen and oxygen atoms in total. The van der Waals surface area contributed by atoms with Crippen molar-refractivity contribution < 1.29 is 0 Å². The van der Waals surface area contributed by atoms with Gasteiger partial charge in [-0.3, -0.25) is 9.97 Å². The first-order valence-electron chi connectivity index (χ1n) is 5.44. The molecule has 0 unspecified atom stereocenters. The van der Waals surface area contributed by atoms with E-state index in [1.807, 2.05) is 6.20 Å². The van der Waals surface area contributed by atoms with Crippen molar-refractivity contribution in [2.45, 2.75) is 40.3 Å². The fourth-order valence-corrected chi connectivity index (χ4v) is 2.33. The summed E-state index contributed by atoms with van der Waals surface area (Å²) in [5, 5.41) is 3.55. The molecule has 1 aromatic heterocycles. The maximum absolute atomic E-state index is 4.25. The molecule has 1 heterocycles. The van der Waals surface area contributed by atoms with Crippen LogP contribution in [0, 0.1) is 10.8 Å². The Morgan fingerprint density at radius 1 is 1.20 bits per heavy atom. The molecule has 82 valence electrons. The van der Waals surface area contributed by atoms with Gasteiger partial charge in [-0.05, 0) is 10.8 Å². The molecule has 0 amide bonds. The van der Waals surface area contributed by atoms with Gasteiger partial charge in [-0.15, -0.1) is 0 Å². The molecule has 0 spiro atoms. The van der Waals surface area contributed by atoms with E-state index in [2.05, 4.69) is 43.0 Å². The van der Waals surface area contributed by atoms with Crippen molar-refractivity contribution in [3.63, 3.8) is 0 Å². The van der Waals surface area contributed by atoms with Crippen molar-refractivity contribution in [2.75, 3.05) is 0 Å². The lowest BCUT2D eigenvalue weighted by Crippen LogP contribution is -2.22. The van der Waals surface area contributed by atoms with Crippen molar-refractivity contribution in [3.8, 4) is 0 Å². The Balaban J connectivity index is 1.92. The van der Waals surface area contributed by atoms with Crippen LogP contribution in [0.1, 0.15) is 33.4 Å². The van der Waals surface area contributed by atoms with Crippen LogP contribution in [0.5, 0.6) is 0 Å². The maximum atomic E-state index is 4.25. The van der Waals surface area contributed by atoms with Gasteiger partial charge in [0.1, 0.15) is 0 Å². The predicted octanol–water partition coefficient (Wildman–Crippen LogP) is 2.00. The fraction of sp³-hybridized carbons (Fsp3) is 0.667. The zero-order chi connectivity index (χ0) is 11.1. The molecule has 1 N–H and O–H groups in total. The lowest BCUT2D eigenvalue weighted by molar-refractivity contribution is 0.457. The Labute approximate surface area is 91.3 Å². The Bertz CT molecular complexity index is 329. The molecule has 1 aromatic rings. The lowest BCUT2D eigenvalue weighted by atomic mass is 10.0. The molecule has 1 fully saturated rings. The molecule has 1 aliphatic rings. The quantitative estimate of drug-likeness (QED) is 0.820. The van der Waals surface area contributed by atoms with Gasteiger partial charge in [0.15, 0.2) is 0 Å². The van der Waals surface area contributed by atoms with Crippen LogP contribution in [0.25, 0.3) is 0 Å². The van der Waals surface area contributed by atoms with Gasteiger partial charge in [0, 0.05) is 31.2 Å². The normalized spacial score (nSPS) is 22.7. The van der Waals surface area contributed by atoms with Gasteiger partial charge < -0.3 is 5.32 Å². The Kier molecular flexibility index (Phi) is 2.30. The van der Waals surface area contributed by atoms with E-state index >= 15 is 0 Å². The van der Waals surface area contributed by atoms with E-state index in [9.17, 15) is 0 Å². The number of rotatable bonds is 3. The van der Waals surface area contributed by atoms with Gasteiger partial charge in [0.25, 0.3) is 0 Å². The number of nitrogens with one attached hydrogen (secondary N) is 1. The van der Waals surface area contributed by atoms with Crippen molar-refractivity contribution in [2.24, 2.45) is 10.8 Å². The van der Waals surface area contributed by atoms with Crippen molar-refractivity contribution in [3.05, 3.63) is 24.3 Å². The first-order valence-corrected chi connectivity index (χ1v) is 5.44. The summed E-state index contributed by atoms with van der Waals surface area (Å²) < 4.78 is 0. The largest absolute Gasteiger partial charge is 0.307 e. The summed E-state index contributed by atoms with van der Waals surface area (Å²) in [6, 6.07) is 0.576. The molecule has 2 rings (SSSR count). The average Bonchev–Trinajstić information content (AvgIpc) is 2.57. The van der Waals surface area contributed by atoms with Crippen molar-refractivity contribution in [1.82, 2.24) is 15.3 Å². The third-order valence-corrected chi connectivity index (χ3v) is 4.12. The van der Waals surface area contributed by atoms with E-state index in [4.69, 9.17) is 0 Å². The molecule has 0 atom stereocenters. The van der Waals surface area contributed by atoms with E-state index < -0.39 is 0 Å². The minimum Gasteiger partial charge on any atom is -0.307 e. The smallest absolute Gasteiger partial charge is 0.0724 e. The second-order valence-corrected chi connectivity index (χ2v) is 5.45. The minimum atomic E-state index is 0.384. The summed E-state index contributed by atoms with van der Waals surface area (Å²) in [7, 11) is 0. The van der Waals surface area contributed by atoms with Crippen LogP contribution in [0.3, 0.4) is 0 Å². The van der Waals surface area contributed by atoms with Gasteiger partial charge in [-0.2, -0.15) is 0 Å². The first-order chi connectivity index (χ1) is 6.96. The van der Waals surface area contributed by atoms with Crippen LogP contribution in [-0.4, -0.2) is 16.0 Å². The van der Waals surface area contributed by atoms with E-state index in [0.29, 0.717) is 16.9 Å². The molecular formula is C12H19N3. The zero-order valence-electron chi connectivity index (χ0n) is 9.91. The monoisotopic (exact) mass is 205 g/mol. The summed E-state index contributed by atoms with van der Waals surface area (Å²) in [5.41, 5.74) is 1.78. The fourth-order valence-electron chi connectivity index (χ4n) is 2.33. The second kappa shape index (κ2) is 3.27. The van der Waals surface area contributed by atoms with E-state index in [1.165, 1.54) is 0 Å². The van der Waals surface area contributed by atoms with Crippen LogP contribution in [0.15, 0.2) is 18.6 Å². The van der Waals surface area contributed by atoms with Gasteiger partial charge in [-0.25, -0.2) is 0 Å².